The molecule has 2 aromatic heterocycles. The van der Waals surface area contributed by atoms with Gasteiger partial charge in [-0.3, -0.25) is 4.79 Å². The SMILES string of the molecule is O=C(Nc1cnoc1)c1cc(Cl)c2ccccc2n1. The molecule has 1 N–H and O–H groups in total. The van der Waals surface area contributed by atoms with Gasteiger partial charge >= 0.3 is 0 Å². The lowest BCUT2D eigenvalue weighted by atomic mass is 10.2. The summed E-state index contributed by atoms with van der Waals surface area (Å²) in [6, 6.07) is 8.90. The minimum Gasteiger partial charge on any atom is -0.363 e. The zero-order valence-electron chi connectivity index (χ0n) is 9.63. The molecule has 5 nitrogen and oxygen atoms in total. The molecule has 1 amide bonds. The van der Waals surface area contributed by atoms with Crippen LogP contribution in [0.25, 0.3) is 10.9 Å². The summed E-state index contributed by atoms with van der Waals surface area (Å²) < 4.78 is 4.63. The van der Waals surface area contributed by atoms with E-state index in [1.807, 2.05) is 18.2 Å². The van der Waals surface area contributed by atoms with E-state index in [1.165, 1.54) is 18.5 Å². The molecule has 0 saturated heterocycles. The Morgan fingerprint density at radius 3 is 2.95 bits per heavy atom. The number of para-hydroxylation sites is 1. The third kappa shape index (κ3) is 2.28. The Labute approximate surface area is 113 Å². The molecule has 19 heavy (non-hydrogen) atoms. The summed E-state index contributed by atoms with van der Waals surface area (Å²) in [5.74, 6) is -0.365. The van der Waals surface area contributed by atoms with Crippen LogP contribution in [0.3, 0.4) is 0 Å². The van der Waals surface area contributed by atoms with Gasteiger partial charge in [0.1, 0.15) is 17.6 Å². The Balaban J connectivity index is 1.98. The maximum Gasteiger partial charge on any atom is 0.274 e. The number of pyridine rings is 1. The number of aromatic nitrogens is 2. The fourth-order valence-electron chi connectivity index (χ4n) is 1.71. The number of carbonyl (C=O) groups excluding carboxylic acids is 1. The van der Waals surface area contributed by atoms with Crippen LogP contribution in [0.15, 0.2) is 47.3 Å². The molecule has 0 aliphatic rings. The second kappa shape index (κ2) is 4.70. The van der Waals surface area contributed by atoms with Crippen LogP contribution in [0.2, 0.25) is 5.02 Å². The first-order valence-corrected chi connectivity index (χ1v) is 5.88. The predicted octanol–water partition coefficient (Wildman–Crippen LogP) is 3.13. The number of fused-ring (bicyclic) bond motifs is 1. The van der Waals surface area contributed by atoms with Crippen molar-refractivity contribution in [2.75, 3.05) is 5.32 Å². The zero-order chi connectivity index (χ0) is 13.2. The molecule has 3 rings (SSSR count). The molecule has 0 aliphatic heterocycles. The predicted molar refractivity (Wildman–Crippen MR) is 71.2 cm³/mol. The number of benzene rings is 1. The summed E-state index contributed by atoms with van der Waals surface area (Å²) in [5.41, 5.74) is 1.38. The van der Waals surface area contributed by atoms with E-state index >= 15 is 0 Å². The Hall–Kier alpha value is -2.40. The van der Waals surface area contributed by atoms with Gasteiger partial charge in [0.25, 0.3) is 5.91 Å². The van der Waals surface area contributed by atoms with Gasteiger partial charge in [0.05, 0.1) is 16.7 Å². The average Bonchev–Trinajstić information content (AvgIpc) is 2.91. The van der Waals surface area contributed by atoms with Crippen LogP contribution in [0.1, 0.15) is 10.5 Å². The lowest BCUT2D eigenvalue weighted by molar-refractivity contribution is 0.102. The van der Waals surface area contributed by atoms with Gasteiger partial charge < -0.3 is 9.84 Å². The molecule has 0 fully saturated rings. The van der Waals surface area contributed by atoms with Gasteiger partial charge in [0.2, 0.25) is 0 Å². The van der Waals surface area contributed by atoms with Gasteiger partial charge in [-0.15, -0.1) is 0 Å². The number of carbonyl (C=O) groups is 1. The van der Waals surface area contributed by atoms with Crippen molar-refractivity contribution >= 4 is 34.1 Å². The summed E-state index contributed by atoms with van der Waals surface area (Å²) in [6.07, 6.45) is 2.74. The minimum atomic E-state index is -0.365. The van der Waals surface area contributed by atoms with Crippen LogP contribution < -0.4 is 5.32 Å². The van der Waals surface area contributed by atoms with E-state index in [0.717, 1.165) is 5.39 Å². The molecule has 0 atom stereocenters. The number of anilines is 1. The Morgan fingerprint density at radius 2 is 2.16 bits per heavy atom. The van der Waals surface area contributed by atoms with Crippen molar-refractivity contribution in [3.8, 4) is 0 Å². The molecule has 0 unspecified atom stereocenters. The molecule has 2 heterocycles. The summed E-state index contributed by atoms with van der Waals surface area (Å²) in [7, 11) is 0. The van der Waals surface area contributed by atoms with Crippen molar-refractivity contribution in [3.05, 3.63) is 53.5 Å². The van der Waals surface area contributed by atoms with Crippen LogP contribution in [0.4, 0.5) is 5.69 Å². The van der Waals surface area contributed by atoms with E-state index in [-0.39, 0.29) is 11.6 Å². The van der Waals surface area contributed by atoms with Crippen molar-refractivity contribution in [3.63, 3.8) is 0 Å². The number of nitrogens with one attached hydrogen (secondary N) is 1. The summed E-state index contributed by atoms with van der Waals surface area (Å²) in [6.45, 7) is 0. The topological polar surface area (TPSA) is 68.0 Å². The van der Waals surface area contributed by atoms with E-state index in [1.54, 1.807) is 6.07 Å². The van der Waals surface area contributed by atoms with E-state index in [4.69, 9.17) is 11.6 Å². The Bertz CT molecular complexity index is 741. The molecule has 0 radical (unpaired) electrons. The highest BCUT2D eigenvalue weighted by atomic mass is 35.5. The number of rotatable bonds is 2. The smallest absolute Gasteiger partial charge is 0.274 e. The number of halogens is 1. The maximum absolute atomic E-state index is 12.0. The molecular formula is C13H8ClN3O2. The third-order valence-electron chi connectivity index (χ3n) is 2.59. The molecule has 6 heteroatoms. The van der Waals surface area contributed by atoms with Gasteiger partial charge in [-0.2, -0.15) is 0 Å². The van der Waals surface area contributed by atoms with Gasteiger partial charge in [-0.1, -0.05) is 35.0 Å². The van der Waals surface area contributed by atoms with E-state index < -0.39 is 0 Å². The number of nitrogens with zero attached hydrogens (tertiary/aromatic N) is 2. The van der Waals surface area contributed by atoms with Crippen LogP contribution in [-0.2, 0) is 0 Å². The van der Waals surface area contributed by atoms with Crippen molar-refractivity contribution in [2.45, 2.75) is 0 Å². The molecular weight excluding hydrogens is 266 g/mol. The average molecular weight is 274 g/mol. The summed E-state index contributed by atoms with van der Waals surface area (Å²) in [4.78, 5) is 16.3. The van der Waals surface area contributed by atoms with Crippen LogP contribution in [0.5, 0.6) is 0 Å². The number of amides is 1. The second-order valence-electron chi connectivity index (χ2n) is 3.87. The molecule has 1 aromatic carbocycles. The first-order chi connectivity index (χ1) is 9.24. The third-order valence-corrected chi connectivity index (χ3v) is 2.90. The maximum atomic E-state index is 12.0. The molecule has 94 valence electrons. The van der Waals surface area contributed by atoms with Crippen molar-refractivity contribution < 1.29 is 9.32 Å². The lowest BCUT2D eigenvalue weighted by Crippen LogP contribution is -2.13. The standard InChI is InChI=1S/C13H8ClN3O2/c14-10-5-12(13(18)16-8-6-15-19-7-8)17-11-4-2-1-3-9(10)11/h1-7H,(H,16,18). The summed E-state index contributed by atoms with van der Waals surface area (Å²) in [5, 5.41) is 7.41. The fraction of sp³-hybridized carbons (Fsp3) is 0. The van der Waals surface area contributed by atoms with E-state index in [0.29, 0.717) is 16.2 Å². The Kier molecular flexibility index (Phi) is 2.89. The second-order valence-corrected chi connectivity index (χ2v) is 4.28. The first kappa shape index (κ1) is 11.7. The van der Waals surface area contributed by atoms with E-state index in [9.17, 15) is 4.79 Å². The number of hydrogen-bond acceptors (Lipinski definition) is 4. The van der Waals surface area contributed by atoms with E-state index in [2.05, 4.69) is 20.0 Å². The first-order valence-electron chi connectivity index (χ1n) is 5.50. The molecule has 0 spiro atoms. The molecule has 0 aliphatic carbocycles. The molecule has 3 aromatic rings. The highest BCUT2D eigenvalue weighted by Gasteiger charge is 2.12. The summed E-state index contributed by atoms with van der Waals surface area (Å²) >= 11 is 6.14. The van der Waals surface area contributed by atoms with Crippen molar-refractivity contribution in [1.82, 2.24) is 10.1 Å². The minimum absolute atomic E-state index is 0.241. The lowest BCUT2D eigenvalue weighted by Gasteiger charge is -2.05. The van der Waals surface area contributed by atoms with Gasteiger partial charge in [-0.25, -0.2) is 4.98 Å². The Morgan fingerprint density at radius 1 is 1.32 bits per heavy atom. The quantitative estimate of drug-likeness (QED) is 0.779. The molecule has 0 saturated carbocycles. The molecule has 0 bridgehead atoms. The van der Waals surface area contributed by atoms with Crippen LogP contribution in [0, 0.1) is 0 Å². The largest absolute Gasteiger partial charge is 0.363 e. The fourth-order valence-corrected chi connectivity index (χ4v) is 1.97. The highest BCUT2D eigenvalue weighted by Crippen LogP contribution is 2.23. The monoisotopic (exact) mass is 273 g/mol. The highest BCUT2D eigenvalue weighted by molar-refractivity contribution is 6.35. The van der Waals surface area contributed by atoms with Gasteiger partial charge in [-0.05, 0) is 12.1 Å². The van der Waals surface area contributed by atoms with Crippen LogP contribution in [-0.4, -0.2) is 16.0 Å². The van der Waals surface area contributed by atoms with Gasteiger partial charge in [0, 0.05) is 5.39 Å². The number of hydrogen-bond donors (Lipinski definition) is 1. The van der Waals surface area contributed by atoms with Gasteiger partial charge in [0.15, 0.2) is 0 Å². The van der Waals surface area contributed by atoms with Crippen LogP contribution >= 0.6 is 11.6 Å². The van der Waals surface area contributed by atoms with Crippen molar-refractivity contribution in [1.29, 1.82) is 0 Å². The zero-order valence-corrected chi connectivity index (χ0v) is 10.4. The van der Waals surface area contributed by atoms with Crippen molar-refractivity contribution in [2.24, 2.45) is 0 Å². The normalized spacial score (nSPS) is 10.6.